The molecule has 1 atom stereocenters. The monoisotopic (exact) mass is 448 g/mol. The van der Waals surface area contributed by atoms with Crippen LogP contribution in [0.5, 0.6) is 5.75 Å². The van der Waals surface area contributed by atoms with E-state index in [0.29, 0.717) is 12.1 Å². The molecule has 0 saturated heterocycles. The summed E-state index contributed by atoms with van der Waals surface area (Å²) in [5.41, 5.74) is 3.99. The number of para-hydroxylation sites is 1. The van der Waals surface area contributed by atoms with E-state index in [-0.39, 0.29) is 11.8 Å². The Morgan fingerprint density at radius 1 is 1.03 bits per heavy atom. The second-order valence-electron chi connectivity index (χ2n) is 6.83. The van der Waals surface area contributed by atoms with Gasteiger partial charge in [0.25, 0.3) is 5.91 Å². The quantitative estimate of drug-likeness (QED) is 0.409. The largest absolute Gasteiger partial charge is 0.497 e. The van der Waals surface area contributed by atoms with Crippen LogP contribution in [0.25, 0.3) is 10.9 Å². The van der Waals surface area contributed by atoms with E-state index in [9.17, 15) is 4.79 Å². The lowest BCUT2D eigenvalue weighted by Gasteiger charge is -2.19. The standard InChI is InChI=1S/C24H21BrN2O2/c1-29-19-12-8-16(9-13-19)21(22-15-26-23-5-3-2-4-20(22)23)14-27-24(28)17-6-10-18(25)11-7-17/h2-13,15,21,26H,14H2,1H3,(H,27,28)/t21-/m0/s1. The molecule has 4 rings (SSSR count). The molecule has 1 amide bonds. The highest BCUT2D eigenvalue weighted by atomic mass is 79.9. The van der Waals surface area contributed by atoms with Gasteiger partial charge in [-0.25, -0.2) is 0 Å². The Labute approximate surface area is 178 Å². The highest BCUT2D eigenvalue weighted by molar-refractivity contribution is 9.10. The molecule has 0 saturated carbocycles. The summed E-state index contributed by atoms with van der Waals surface area (Å²) in [4.78, 5) is 16.0. The van der Waals surface area contributed by atoms with Crippen molar-refractivity contribution < 1.29 is 9.53 Å². The van der Waals surface area contributed by atoms with Gasteiger partial charge in [-0.05, 0) is 53.6 Å². The molecule has 0 fully saturated rings. The SMILES string of the molecule is COc1ccc([C@H](CNC(=O)c2ccc(Br)cc2)c2c[nH]c3ccccc23)cc1. The topological polar surface area (TPSA) is 54.1 Å². The lowest BCUT2D eigenvalue weighted by molar-refractivity contribution is 0.0952. The van der Waals surface area contributed by atoms with Gasteiger partial charge in [-0.15, -0.1) is 0 Å². The Hall–Kier alpha value is -3.05. The number of amides is 1. The molecule has 2 N–H and O–H groups in total. The molecule has 29 heavy (non-hydrogen) atoms. The van der Waals surface area contributed by atoms with Gasteiger partial charge in [0.1, 0.15) is 5.75 Å². The van der Waals surface area contributed by atoms with Gasteiger partial charge in [0.2, 0.25) is 0 Å². The summed E-state index contributed by atoms with van der Waals surface area (Å²) >= 11 is 3.40. The van der Waals surface area contributed by atoms with Gasteiger partial charge in [0, 0.05) is 39.6 Å². The van der Waals surface area contributed by atoms with Gasteiger partial charge in [-0.3, -0.25) is 4.79 Å². The Morgan fingerprint density at radius 3 is 2.48 bits per heavy atom. The number of rotatable bonds is 6. The van der Waals surface area contributed by atoms with E-state index in [1.165, 1.54) is 0 Å². The van der Waals surface area contributed by atoms with Crippen molar-refractivity contribution in [3.8, 4) is 5.75 Å². The Bertz CT molecular complexity index is 1120. The van der Waals surface area contributed by atoms with Gasteiger partial charge in [0.15, 0.2) is 0 Å². The molecule has 3 aromatic carbocycles. The van der Waals surface area contributed by atoms with Crippen molar-refractivity contribution in [3.05, 3.63) is 100 Å². The number of fused-ring (bicyclic) bond motifs is 1. The maximum Gasteiger partial charge on any atom is 0.251 e. The third-order valence-electron chi connectivity index (χ3n) is 5.09. The van der Waals surface area contributed by atoms with E-state index in [0.717, 1.165) is 32.3 Å². The minimum atomic E-state index is -0.0872. The summed E-state index contributed by atoms with van der Waals surface area (Å²) < 4.78 is 6.24. The van der Waals surface area contributed by atoms with E-state index < -0.39 is 0 Å². The number of halogens is 1. The Morgan fingerprint density at radius 2 is 1.76 bits per heavy atom. The van der Waals surface area contributed by atoms with Crippen molar-refractivity contribution in [2.75, 3.05) is 13.7 Å². The zero-order valence-corrected chi connectivity index (χ0v) is 17.6. The van der Waals surface area contributed by atoms with E-state index >= 15 is 0 Å². The van der Waals surface area contributed by atoms with Crippen LogP contribution < -0.4 is 10.1 Å². The fraction of sp³-hybridized carbons (Fsp3) is 0.125. The first-order valence-corrected chi connectivity index (χ1v) is 10.2. The molecule has 0 aliphatic carbocycles. The number of hydrogen-bond acceptors (Lipinski definition) is 2. The molecular weight excluding hydrogens is 428 g/mol. The highest BCUT2D eigenvalue weighted by Crippen LogP contribution is 2.31. The fourth-order valence-electron chi connectivity index (χ4n) is 3.52. The van der Waals surface area contributed by atoms with Crippen LogP contribution in [0.2, 0.25) is 0 Å². The summed E-state index contributed by atoms with van der Waals surface area (Å²) in [5, 5.41) is 4.26. The second-order valence-corrected chi connectivity index (χ2v) is 7.75. The number of aromatic nitrogens is 1. The van der Waals surface area contributed by atoms with Gasteiger partial charge in [-0.1, -0.05) is 46.3 Å². The molecule has 4 nitrogen and oxygen atoms in total. The zero-order chi connectivity index (χ0) is 20.2. The van der Waals surface area contributed by atoms with Crippen molar-refractivity contribution in [2.45, 2.75) is 5.92 Å². The molecule has 4 aromatic rings. The summed E-state index contributed by atoms with van der Waals surface area (Å²) in [6.07, 6.45) is 2.03. The molecule has 5 heteroatoms. The van der Waals surface area contributed by atoms with Crippen molar-refractivity contribution in [1.29, 1.82) is 0 Å². The number of nitrogens with one attached hydrogen (secondary N) is 2. The molecule has 0 radical (unpaired) electrons. The molecule has 1 aromatic heterocycles. The van der Waals surface area contributed by atoms with E-state index in [4.69, 9.17) is 4.74 Å². The smallest absolute Gasteiger partial charge is 0.251 e. The van der Waals surface area contributed by atoms with Gasteiger partial charge >= 0.3 is 0 Å². The summed E-state index contributed by atoms with van der Waals surface area (Å²) in [5.74, 6) is 0.734. The number of aromatic amines is 1. The predicted octanol–water partition coefficient (Wildman–Crippen LogP) is 5.50. The first-order valence-electron chi connectivity index (χ1n) is 9.39. The van der Waals surface area contributed by atoms with Gasteiger partial charge in [-0.2, -0.15) is 0 Å². The summed E-state index contributed by atoms with van der Waals surface area (Å²) in [6, 6.07) is 23.6. The van der Waals surface area contributed by atoms with Crippen molar-refractivity contribution in [2.24, 2.45) is 0 Å². The normalized spacial score (nSPS) is 11.9. The molecule has 0 unspecified atom stereocenters. The lowest BCUT2D eigenvalue weighted by atomic mass is 9.90. The molecule has 0 bridgehead atoms. The van der Waals surface area contributed by atoms with Gasteiger partial charge < -0.3 is 15.0 Å². The van der Waals surface area contributed by atoms with Crippen molar-refractivity contribution in [3.63, 3.8) is 0 Å². The first kappa shape index (κ1) is 19.3. The third kappa shape index (κ3) is 4.20. The number of methoxy groups -OCH3 is 1. The van der Waals surface area contributed by atoms with Crippen LogP contribution in [0, 0.1) is 0 Å². The second kappa shape index (κ2) is 8.53. The van der Waals surface area contributed by atoms with Crippen LogP contribution in [0.4, 0.5) is 0 Å². The Kier molecular flexibility index (Phi) is 5.67. The van der Waals surface area contributed by atoms with Crippen molar-refractivity contribution >= 4 is 32.7 Å². The average molecular weight is 449 g/mol. The molecule has 146 valence electrons. The minimum absolute atomic E-state index is 0.0106. The van der Waals surface area contributed by atoms with Gasteiger partial charge in [0.05, 0.1) is 7.11 Å². The predicted molar refractivity (Wildman–Crippen MR) is 120 cm³/mol. The number of carbonyl (C=O) groups excluding carboxylic acids is 1. The van der Waals surface area contributed by atoms with Crippen LogP contribution in [0.15, 0.2) is 83.5 Å². The summed E-state index contributed by atoms with van der Waals surface area (Å²) in [7, 11) is 1.66. The van der Waals surface area contributed by atoms with E-state index in [2.05, 4.69) is 50.5 Å². The number of benzene rings is 3. The molecule has 0 aliphatic rings. The zero-order valence-electron chi connectivity index (χ0n) is 16.0. The number of ether oxygens (including phenoxy) is 1. The van der Waals surface area contributed by atoms with Crippen LogP contribution >= 0.6 is 15.9 Å². The molecule has 0 aliphatic heterocycles. The maximum absolute atomic E-state index is 12.7. The van der Waals surface area contributed by atoms with Crippen LogP contribution in [0.3, 0.4) is 0 Å². The fourth-order valence-corrected chi connectivity index (χ4v) is 3.79. The average Bonchev–Trinajstić information content (AvgIpc) is 3.19. The minimum Gasteiger partial charge on any atom is -0.497 e. The number of H-pyrrole nitrogens is 1. The summed E-state index contributed by atoms with van der Waals surface area (Å²) in [6.45, 7) is 0.489. The Balaban J connectivity index is 1.64. The van der Waals surface area contributed by atoms with Crippen LogP contribution in [-0.4, -0.2) is 24.5 Å². The third-order valence-corrected chi connectivity index (χ3v) is 5.62. The lowest BCUT2D eigenvalue weighted by Crippen LogP contribution is -2.28. The molecule has 0 spiro atoms. The maximum atomic E-state index is 12.7. The number of carbonyl (C=O) groups is 1. The molecule has 1 heterocycles. The van der Waals surface area contributed by atoms with Crippen LogP contribution in [0.1, 0.15) is 27.4 Å². The van der Waals surface area contributed by atoms with Crippen LogP contribution in [-0.2, 0) is 0 Å². The number of hydrogen-bond donors (Lipinski definition) is 2. The molecular formula is C24H21BrN2O2. The first-order chi connectivity index (χ1) is 14.2. The van der Waals surface area contributed by atoms with Crippen molar-refractivity contribution in [1.82, 2.24) is 10.3 Å². The van der Waals surface area contributed by atoms with E-state index in [1.54, 1.807) is 7.11 Å². The van der Waals surface area contributed by atoms with E-state index in [1.807, 2.05) is 54.7 Å². The highest BCUT2D eigenvalue weighted by Gasteiger charge is 2.19.